The second-order valence-corrected chi connectivity index (χ2v) is 14.6. The fourth-order valence-electron chi connectivity index (χ4n) is 8.74. The van der Waals surface area contributed by atoms with E-state index >= 15 is 0 Å². The first-order valence-corrected chi connectivity index (χ1v) is 19.5. The fourth-order valence-corrected chi connectivity index (χ4v) is 8.74. The molecule has 0 spiro atoms. The van der Waals surface area contributed by atoms with Gasteiger partial charge in [0.05, 0.1) is 22.1 Å². The lowest BCUT2D eigenvalue weighted by molar-refractivity contribution is 1.17. The minimum absolute atomic E-state index is 1.09. The Balaban J connectivity index is 1.03. The monoisotopic (exact) mass is 727 g/mol. The lowest BCUT2D eigenvalue weighted by atomic mass is 9.99. The predicted molar refractivity (Wildman–Crippen MR) is 241 cm³/mol. The third-order valence-corrected chi connectivity index (χ3v) is 11.3. The molecule has 9 aromatic carbocycles. The van der Waals surface area contributed by atoms with Crippen LogP contribution in [0.3, 0.4) is 0 Å². The molecule has 2 aromatic heterocycles. The quantitative estimate of drug-likeness (QED) is 0.159. The SMILES string of the molecule is c1ccc(-c2ccc(N(c3ccc(-c4cccc5c4c4ccccc4n5-c4ccccc4)cc3)c3ccc(-n4c5ccccc5c5ccccc54)cc3)cc2)cc1. The minimum atomic E-state index is 1.09. The molecule has 0 aliphatic rings. The largest absolute Gasteiger partial charge is 0.311 e. The average Bonchev–Trinajstić information content (AvgIpc) is 3.81. The van der Waals surface area contributed by atoms with Gasteiger partial charge in [-0.15, -0.1) is 0 Å². The lowest BCUT2D eigenvalue weighted by Gasteiger charge is -2.26. The van der Waals surface area contributed by atoms with Gasteiger partial charge in [0.2, 0.25) is 0 Å². The molecule has 0 fully saturated rings. The van der Waals surface area contributed by atoms with Gasteiger partial charge in [-0.3, -0.25) is 0 Å². The van der Waals surface area contributed by atoms with Crippen molar-refractivity contribution in [2.75, 3.05) is 4.90 Å². The maximum atomic E-state index is 2.38. The number of fused-ring (bicyclic) bond motifs is 6. The van der Waals surface area contributed by atoms with Gasteiger partial charge in [-0.1, -0.05) is 140 Å². The van der Waals surface area contributed by atoms with Gasteiger partial charge >= 0.3 is 0 Å². The van der Waals surface area contributed by atoms with Gasteiger partial charge in [-0.25, -0.2) is 0 Å². The zero-order valence-corrected chi connectivity index (χ0v) is 31.2. The molecular formula is C54H37N3. The molecule has 0 bridgehead atoms. The summed E-state index contributed by atoms with van der Waals surface area (Å²) in [5, 5.41) is 5.04. The summed E-state index contributed by atoms with van der Waals surface area (Å²) in [7, 11) is 0. The van der Waals surface area contributed by atoms with Crippen molar-refractivity contribution < 1.29 is 0 Å². The van der Waals surface area contributed by atoms with Crippen molar-refractivity contribution in [1.82, 2.24) is 9.13 Å². The zero-order valence-electron chi connectivity index (χ0n) is 31.2. The highest BCUT2D eigenvalue weighted by Crippen LogP contribution is 2.41. The molecule has 0 radical (unpaired) electrons. The minimum Gasteiger partial charge on any atom is -0.311 e. The first-order chi connectivity index (χ1) is 28.3. The van der Waals surface area contributed by atoms with Gasteiger partial charge in [-0.05, 0) is 107 Å². The Labute approximate surface area is 331 Å². The predicted octanol–water partition coefficient (Wildman–Crippen LogP) is 14.7. The average molecular weight is 728 g/mol. The summed E-state index contributed by atoms with van der Waals surface area (Å²) in [5.74, 6) is 0. The van der Waals surface area contributed by atoms with Gasteiger partial charge in [0.1, 0.15) is 0 Å². The molecule has 0 amide bonds. The first kappa shape index (κ1) is 32.8. The summed E-state index contributed by atoms with van der Waals surface area (Å²) in [6.07, 6.45) is 0. The Kier molecular flexibility index (Phi) is 7.82. The summed E-state index contributed by atoms with van der Waals surface area (Å²) in [4.78, 5) is 2.36. The van der Waals surface area contributed by atoms with E-state index in [9.17, 15) is 0 Å². The van der Waals surface area contributed by atoms with E-state index in [1.165, 1.54) is 65.9 Å². The number of nitrogens with zero attached hydrogens (tertiary/aromatic N) is 3. The highest BCUT2D eigenvalue weighted by molar-refractivity contribution is 6.16. The first-order valence-electron chi connectivity index (χ1n) is 19.5. The lowest BCUT2D eigenvalue weighted by Crippen LogP contribution is -2.10. The molecule has 11 rings (SSSR count). The molecule has 0 aliphatic carbocycles. The Hall–Kier alpha value is -7.62. The van der Waals surface area contributed by atoms with Crippen molar-refractivity contribution in [3.8, 4) is 33.6 Å². The molecule has 2 heterocycles. The van der Waals surface area contributed by atoms with Crippen molar-refractivity contribution in [2.24, 2.45) is 0 Å². The van der Waals surface area contributed by atoms with E-state index in [1.807, 2.05) is 0 Å². The molecular weight excluding hydrogens is 691 g/mol. The van der Waals surface area contributed by atoms with E-state index in [2.05, 4.69) is 238 Å². The number of para-hydroxylation sites is 4. The van der Waals surface area contributed by atoms with Crippen LogP contribution in [0.2, 0.25) is 0 Å². The van der Waals surface area contributed by atoms with Crippen LogP contribution >= 0.6 is 0 Å². The van der Waals surface area contributed by atoms with Crippen LogP contribution in [-0.2, 0) is 0 Å². The van der Waals surface area contributed by atoms with Gasteiger partial charge < -0.3 is 14.0 Å². The van der Waals surface area contributed by atoms with E-state index in [4.69, 9.17) is 0 Å². The Morgan fingerprint density at radius 1 is 0.263 bits per heavy atom. The summed E-state index contributed by atoms with van der Waals surface area (Å²) in [6, 6.07) is 81.0. The highest BCUT2D eigenvalue weighted by atomic mass is 15.1. The molecule has 268 valence electrons. The van der Waals surface area contributed by atoms with E-state index in [0.717, 1.165) is 28.4 Å². The molecule has 0 saturated carbocycles. The Morgan fingerprint density at radius 2 is 0.667 bits per heavy atom. The molecule has 0 aliphatic heterocycles. The van der Waals surface area contributed by atoms with Crippen LogP contribution in [0.5, 0.6) is 0 Å². The van der Waals surface area contributed by atoms with Crippen LogP contribution < -0.4 is 4.90 Å². The molecule has 3 heteroatoms. The summed E-state index contributed by atoms with van der Waals surface area (Å²) >= 11 is 0. The smallest absolute Gasteiger partial charge is 0.0547 e. The van der Waals surface area contributed by atoms with Gasteiger partial charge in [-0.2, -0.15) is 0 Å². The normalized spacial score (nSPS) is 11.5. The van der Waals surface area contributed by atoms with Gasteiger partial charge in [0.15, 0.2) is 0 Å². The number of hydrogen-bond donors (Lipinski definition) is 0. The van der Waals surface area contributed by atoms with Crippen LogP contribution in [0.1, 0.15) is 0 Å². The Bertz CT molecular complexity index is 3140. The van der Waals surface area contributed by atoms with E-state index < -0.39 is 0 Å². The molecule has 0 saturated heterocycles. The van der Waals surface area contributed by atoms with Crippen LogP contribution in [0.15, 0.2) is 224 Å². The van der Waals surface area contributed by atoms with Crippen LogP contribution in [0.25, 0.3) is 77.2 Å². The number of aromatic nitrogens is 2. The van der Waals surface area contributed by atoms with Crippen LogP contribution in [0.4, 0.5) is 17.1 Å². The third kappa shape index (κ3) is 5.51. The second kappa shape index (κ2) is 13.6. The number of benzene rings is 9. The van der Waals surface area contributed by atoms with Crippen molar-refractivity contribution in [2.45, 2.75) is 0 Å². The summed E-state index contributed by atoms with van der Waals surface area (Å²) in [6.45, 7) is 0. The fraction of sp³-hybridized carbons (Fsp3) is 0. The molecule has 11 aromatic rings. The highest BCUT2D eigenvalue weighted by Gasteiger charge is 2.18. The third-order valence-electron chi connectivity index (χ3n) is 11.3. The van der Waals surface area contributed by atoms with E-state index in [0.29, 0.717) is 0 Å². The van der Waals surface area contributed by atoms with Crippen molar-refractivity contribution >= 4 is 60.7 Å². The topological polar surface area (TPSA) is 13.1 Å². The summed E-state index contributed by atoms with van der Waals surface area (Å²) in [5.41, 5.74) is 15.2. The van der Waals surface area contributed by atoms with Crippen LogP contribution in [-0.4, -0.2) is 9.13 Å². The van der Waals surface area contributed by atoms with Crippen molar-refractivity contribution in [3.63, 3.8) is 0 Å². The number of hydrogen-bond acceptors (Lipinski definition) is 1. The molecule has 0 N–H and O–H groups in total. The zero-order chi connectivity index (χ0) is 37.7. The van der Waals surface area contributed by atoms with Crippen LogP contribution in [0, 0.1) is 0 Å². The van der Waals surface area contributed by atoms with Crippen molar-refractivity contribution in [3.05, 3.63) is 224 Å². The number of rotatable bonds is 7. The standard InChI is InChI=1S/C54H37N3/c1-3-14-38(15-4-1)39-26-30-42(31-27-39)55(44-34-36-45(37-35-44)56-50-22-10-7-18-47(50)48-19-8-11-23-51(48)56)43-32-28-40(29-33-43)46-21-13-25-53-54(46)49-20-9-12-24-52(49)57(53)41-16-5-2-6-17-41/h1-37H. The maximum Gasteiger partial charge on any atom is 0.0547 e. The van der Waals surface area contributed by atoms with Gasteiger partial charge in [0.25, 0.3) is 0 Å². The molecule has 3 nitrogen and oxygen atoms in total. The molecule has 0 atom stereocenters. The molecule has 57 heavy (non-hydrogen) atoms. The molecule has 0 unspecified atom stereocenters. The second-order valence-electron chi connectivity index (χ2n) is 14.6. The van der Waals surface area contributed by atoms with E-state index in [-0.39, 0.29) is 0 Å². The van der Waals surface area contributed by atoms with Gasteiger partial charge in [0, 0.05) is 50.0 Å². The Morgan fingerprint density at radius 3 is 1.26 bits per heavy atom. The maximum absolute atomic E-state index is 2.38. The summed E-state index contributed by atoms with van der Waals surface area (Å²) < 4.78 is 4.75. The van der Waals surface area contributed by atoms with Crippen molar-refractivity contribution in [1.29, 1.82) is 0 Å². The van der Waals surface area contributed by atoms with E-state index in [1.54, 1.807) is 0 Å². The number of anilines is 3.